The third-order valence-corrected chi connectivity index (χ3v) is 2.72. The van der Waals surface area contributed by atoms with Gasteiger partial charge >= 0.3 is 0 Å². The predicted molar refractivity (Wildman–Crippen MR) is 72.5 cm³/mol. The van der Waals surface area contributed by atoms with Gasteiger partial charge in [-0.25, -0.2) is 0 Å². The van der Waals surface area contributed by atoms with E-state index in [1.165, 1.54) is 6.26 Å². The number of rotatable bonds is 2. The van der Waals surface area contributed by atoms with Crippen molar-refractivity contribution in [1.29, 1.82) is 0 Å². The summed E-state index contributed by atoms with van der Waals surface area (Å²) in [4.78, 5) is 0. The fourth-order valence-corrected chi connectivity index (χ4v) is 1.63. The Morgan fingerprint density at radius 1 is 1.35 bits per heavy atom. The first kappa shape index (κ1) is 11.9. The fraction of sp³-hybridized carbons (Fsp3) is 0.0909. The molecule has 1 heterocycles. The van der Waals surface area contributed by atoms with Crippen molar-refractivity contribution in [3.8, 4) is 0 Å². The van der Waals surface area contributed by atoms with Gasteiger partial charge in [-0.05, 0) is 36.8 Å². The van der Waals surface area contributed by atoms with Crippen molar-refractivity contribution < 1.29 is 4.52 Å². The van der Waals surface area contributed by atoms with Crippen molar-refractivity contribution >= 4 is 40.4 Å². The van der Waals surface area contributed by atoms with Gasteiger partial charge in [0.15, 0.2) is 10.9 Å². The predicted octanol–water partition coefficient (Wildman–Crippen LogP) is 3.45. The smallest absolute Gasteiger partial charge is 0.176 e. The van der Waals surface area contributed by atoms with Gasteiger partial charge < -0.3 is 15.2 Å². The fourth-order valence-electron chi connectivity index (χ4n) is 1.23. The zero-order valence-electron chi connectivity index (χ0n) is 9.03. The van der Waals surface area contributed by atoms with E-state index in [2.05, 4.69) is 20.3 Å². The molecule has 2 rings (SSSR count). The minimum atomic E-state index is 0.429. The van der Waals surface area contributed by atoms with Gasteiger partial charge in [0.05, 0.1) is 0 Å². The number of hydrogen-bond acceptors (Lipinski definition) is 3. The summed E-state index contributed by atoms with van der Waals surface area (Å²) < 4.78 is 4.68. The lowest BCUT2D eigenvalue weighted by atomic mass is 10.2. The normalized spacial score (nSPS) is 10.0. The topological polar surface area (TPSA) is 50.1 Å². The first-order chi connectivity index (χ1) is 8.15. The number of anilines is 2. The lowest BCUT2D eigenvalue weighted by molar-refractivity contribution is 0.423. The molecule has 4 nitrogen and oxygen atoms in total. The molecule has 0 fully saturated rings. The maximum absolute atomic E-state index is 6.01. The van der Waals surface area contributed by atoms with E-state index in [9.17, 15) is 0 Å². The molecule has 0 aliphatic rings. The Kier molecular flexibility index (Phi) is 3.61. The van der Waals surface area contributed by atoms with E-state index < -0.39 is 0 Å². The zero-order chi connectivity index (χ0) is 12.3. The van der Waals surface area contributed by atoms with Crippen molar-refractivity contribution in [3.05, 3.63) is 41.1 Å². The monoisotopic (exact) mass is 267 g/mol. The lowest BCUT2D eigenvalue weighted by Gasteiger charge is -2.09. The van der Waals surface area contributed by atoms with E-state index in [1.54, 1.807) is 6.07 Å². The highest BCUT2D eigenvalue weighted by Crippen LogP contribution is 2.20. The number of thiocarbonyl (C=S) groups is 1. The highest BCUT2D eigenvalue weighted by atomic mass is 35.5. The molecular formula is C11H10ClN3OS. The van der Waals surface area contributed by atoms with Crippen LogP contribution in [0.5, 0.6) is 0 Å². The van der Waals surface area contributed by atoms with Crippen molar-refractivity contribution in [2.75, 3.05) is 10.6 Å². The van der Waals surface area contributed by atoms with Gasteiger partial charge in [0.25, 0.3) is 0 Å². The molecule has 0 aliphatic heterocycles. The second kappa shape index (κ2) is 5.16. The Balaban J connectivity index is 2.00. The quantitative estimate of drug-likeness (QED) is 0.817. The maximum Gasteiger partial charge on any atom is 0.176 e. The van der Waals surface area contributed by atoms with E-state index in [4.69, 9.17) is 23.8 Å². The van der Waals surface area contributed by atoms with E-state index in [0.29, 0.717) is 16.0 Å². The molecule has 2 N–H and O–H groups in total. The average Bonchev–Trinajstić information content (AvgIpc) is 2.76. The summed E-state index contributed by atoms with van der Waals surface area (Å²) in [6, 6.07) is 7.31. The molecule has 0 atom stereocenters. The highest BCUT2D eigenvalue weighted by molar-refractivity contribution is 7.80. The van der Waals surface area contributed by atoms with Gasteiger partial charge in [0, 0.05) is 16.8 Å². The molecule has 0 saturated carbocycles. The Hall–Kier alpha value is -1.59. The third kappa shape index (κ3) is 3.18. The average molecular weight is 268 g/mol. The van der Waals surface area contributed by atoms with E-state index in [-0.39, 0.29) is 0 Å². The molecule has 1 aromatic heterocycles. The third-order valence-electron chi connectivity index (χ3n) is 2.11. The van der Waals surface area contributed by atoms with Gasteiger partial charge in [0.1, 0.15) is 6.26 Å². The van der Waals surface area contributed by atoms with Crippen LogP contribution in [0.2, 0.25) is 5.02 Å². The van der Waals surface area contributed by atoms with Crippen LogP contribution in [0.1, 0.15) is 5.56 Å². The highest BCUT2D eigenvalue weighted by Gasteiger charge is 2.02. The van der Waals surface area contributed by atoms with Crippen LogP contribution >= 0.6 is 23.8 Å². The minimum absolute atomic E-state index is 0.429. The largest absolute Gasteiger partial charge is 0.363 e. The first-order valence-electron chi connectivity index (χ1n) is 4.90. The molecule has 0 amide bonds. The molecule has 0 aliphatic carbocycles. The number of nitrogens with one attached hydrogen (secondary N) is 2. The Bertz CT molecular complexity index is 528. The van der Waals surface area contributed by atoms with E-state index in [1.807, 2.05) is 25.1 Å². The summed E-state index contributed by atoms with van der Waals surface area (Å²) in [5.41, 5.74) is 1.84. The number of aryl methyl sites for hydroxylation is 1. The summed E-state index contributed by atoms with van der Waals surface area (Å²) in [5, 5.41) is 10.7. The molecule has 2 aromatic rings. The number of nitrogens with zero attached hydrogens (tertiary/aromatic N) is 1. The van der Waals surface area contributed by atoms with Gasteiger partial charge in [-0.2, -0.15) is 0 Å². The summed E-state index contributed by atoms with van der Waals surface area (Å²) >= 11 is 11.1. The van der Waals surface area contributed by atoms with Crippen LogP contribution < -0.4 is 10.6 Å². The minimum Gasteiger partial charge on any atom is -0.363 e. The van der Waals surface area contributed by atoms with Crippen LogP contribution in [-0.4, -0.2) is 10.3 Å². The first-order valence-corrected chi connectivity index (χ1v) is 5.68. The molecule has 0 unspecified atom stereocenters. The summed E-state index contributed by atoms with van der Waals surface area (Å²) in [6.07, 6.45) is 1.47. The maximum atomic E-state index is 6.01. The Morgan fingerprint density at radius 2 is 2.18 bits per heavy atom. The summed E-state index contributed by atoms with van der Waals surface area (Å²) in [7, 11) is 0. The summed E-state index contributed by atoms with van der Waals surface area (Å²) in [5.74, 6) is 0.556. The Labute approximate surface area is 109 Å². The van der Waals surface area contributed by atoms with Gasteiger partial charge in [-0.1, -0.05) is 22.8 Å². The molecule has 0 spiro atoms. The van der Waals surface area contributed by atoms with Gasteiger partial charge in [-0.15, -0.1) is 0 Å². The molecule has 0 bridgehead atoms. The Morgan fingerprint density at radius 3 is 2.82 bits per heavy atom. The molecule has 1 aromatic carbocycles. The number of hydrogen-bond donors (Lipinski definition) is 2. The SMILES string of the molecule is Cc1ccc(NC(=S)Nc2ccon2)cc1Cl. The summed E-state index contributed by atoms with van der Waals surface area (Å²) in [6.45, 7) is 1.94. The zero-order valence-corrected chi connectivity index (χ0v) is 10.6. The second-order valence-corrected chi connectivity index (χ2v) is 4.24. The van der Waals surface area contributed by atoms with Crippen LogP contribution in [0.15, 0.2) is 35.1 Å². The van der Waals surface area contributed by atoms with Crippen molar-refractivity contribution in [3.63, 3.8) is 0 Å². The molecule has 0 saturated heterocycles. The van der Waals surface area contributed by atoms with Crippen molar-refractivity contribution in [2.24, 2.45) is 0 Å². The van der Waals surface area contributed by atoms with Gasteiger partial charge in [0.2, 0.25) is 0 Å². The van der Waals surface area contributed by atoms with E-state index >= 15 is 0 Å². The lowest BCUT2D eigenvalue weighted by Crippen LogP contribution is -2.19. The molecular weight excluding hydrogens is 258 g/mol. The molecule has 17 heavy (non-hydrogen) atoms. The van der Waals surface area contributed by atoms with Crippen LogP contribution in [0, 0.1) is 6.92 Å². The van der Waals surface area contributed by atoms with Crippen LogP contribution in [-0.2, 0) is 0 Å². The van der Waals surface area contributed by atoms with Crippen LogP contribution in [0.4, 0.5) is 11.5 Å². The van der Waals surface area contributed by atoms with E-state index in [0.717, 1.165) is 11.3 Å². The van der Waals surface area contributed by atoms with Crippen LogP contribution in [0.25, 0.3) is 0 Å². The van der Waals surface area contributed by atoms with Gasteiger partial charge in [-0.3, -0.25) is 0 Å². The van der Waals surface area contributed by atoms with Crippen LogP contribution in [0.3, 0.4) is 0 Å². The van der Waals surface area contributed by atoms with Crippen molar-refractivity contribution in [2.45, 2.75) is 6.92 Å². The second-order valence-electron chi connectivity index (χ2n) is 3.43. The molecule has 88 valence electrons. The van der Waals surface area contributed by atoms with Crippen molar-refractivity contribution in [1.82, 2.24) is 5.16 Å². The number of benzene rings is 1. The molecule has 0 radical (unpaired) electrons. The number of halogens is 1. The standard InChI is InChI=1S/C11H10ClN3OS/c1-7-2-3-8(6-9(7)12)13-11(17)14-10-4-5-16-15-10/h2-6H,1H3,(H2,13,14,15,17). The molecule has 6 heteroatoms. The number of aromatic nitrogens is 1.